The van der Waals surface area contributed by atoms with E-state index in [1.807, 2.05) is 16.9 Å². The molecular weight excluding hydrogens is 384 g/mol. The molecule has 0 bridgehead atoms. The Hall–Kier alpha value is -3.40. The van der Waals surface area contributed by atoms with Gasteiger partial charge in [0, 0.05) is 24.9 Å². The molecule has 0 amide bonds. The van der Waals surface area contributed by atoms with Gasteiger partial charge in [-0.15, -0.1) is 5.10 Å². The van der Waals surface area contributed by atoms with Crippen LogP contribution in [0.4, 0.5) is 0 Å². The van der Waals surface area contributed by atoms with E-state index in [1.165, 1.54) is 0 Å². The van der Waals surface area contributed by atoms with Crippen LogP contribution >= 0.6 is 0 Å². The second-order valence-corrected chi connectivity index (χ2v) is 7.52. The topological polar surface area (TPSA) is 117 Å². The average molecular weight is 406 g/mol. The smallest absolute Gasteiger partial charge is 0.215 e. The van der Waals surface area contributed by atoms with Gasteiger partial charge < -0.3 is 9.84 Å². The number of ether oxygens (including phenoxy) is 1. The summed E-state index contributed by atoms with van der Waals surface area (Å²) < 4.78 is 8.86. The summed E-state index contributed by atoms with van der Waals surface area (Å²) in [5.74, 6) is 1.17. The highest BCUT2D eigenvalue weighted by molar-refractivity contribution is 5.70. The summed E-state index contributed by atoms with van der Waals surface area (Å²) in [4.78, 5) is 13.3. The fraction of sp³-hybridized carbons (Fsp3) is 0.400. The molecule has 0 saturated heterocycles. The number of hydrogen-bond acceptors (Lipinski definition) is 8. The molecule has 0 radical (unpaired) electrons. The number of rotatable bonds is 5. The molecule has 0 unspecified atom stereocenters. The van der Waals surface area contributed by atoms with E-state index in [4.69, 9.17) is 4.74 Å². The molecule has 0 atom stereocenters. The zero-order valence-corrected chi connectivity index (χ0v) is 16.6. The molecule has 154 valence electrons. The van der Waals surface area contributed by atoms with Gasteiger partial charge in [-0.25, -0.2) is 15.0 Å². The number of aliphatic hydroxyl groups is 1. The molecule has 1 saturated carbocycles. The van der Waals surface area contributed by atoms with Crippen LogP contribution in [-0.4, -0.2) is 58.0 Å². The summed E-state index contributed by atoms with van der Waals surface area (Å²) in [5.41, 5.74) is 3.05. The Labute approximate surface area is 172 Å². The van der Waals surface area contributed by atoms with Crippen molar-refractivity contribution in [2.24, 2.45) is 0 Å². The standard InChI is InChI=1S/C20H22N8O2/c1-30-19-9-15(6-7-21-19)28-20-17(25-26-28)11-22-18(24-20)8-13-10-23-27(12-13)14-2-4-16(29)5-3-14/h6-7,9-12,14,16,29H,2-5,8H2,1H3. The van der Waals surface area contributed by atoms with Crippen LogP contribution in [0.2, 0.25) is 0 Å². The van der Waals surface area contributed by atoms with E-state index in [0.717, 1.165) is 36.9 Å². The average Bonchev–Trinajstić information content (AvgIpc) is 3.41. The third-order valence-electron chi connectivity index (χ3n) is 5.47. The molecule has 30 heavy (non-hydrogen) atoms. The molecule has 1 aliphatic carbocycles. The zero-order valence-electron chi connectivity index (χ0n) is 16.6. The minimum atomic E-state index is -0.171. The molecule has 1 N–H and O–H groups in total. The second-order valence-electron chi connectivity index (χ2n) is 7.52. The van der Waals surface area contributed by atoms with Gasteiger partial charge in [-0.3, -0.25) is 4.68 Å². The van der Waals surface area contributed by atoms with Crippen molar-refractivity contribution >= 4 is 11.2 Å². The first-order valence-corrected chi connectivity index (χ1v) is 9.98. The van der Waals surface area contributed by atoms with Crippen LogP contribution < -0.4 is 4.74 Å². The Morgan fingerprint density at radius 1 is 1.17 bits per heavy atom. The van der Waals surface area contributed by atoms with Crippen molar-refractivity contribution in [1.82, 2.24) is 39.7 Å². The zero-order chi connectivity index (χ0) is 20.5. The summed E-state index contributed by atoms with van der Waals surface area (Å²) >= 11 is 0. The van der Waals surface area contributed by atoms with Crippen molar-refractivity contribution < 1.29 is 9.84 Å². The van der Waals surface area contributed by atoms with Gasteiger partial charge in [0.15, 0.2) is 11.2 Å². The van der Waals surface area contributed by atoms with Gasteiger partial charge in [-0.2, -0.15) is 9.78 Å². The highest BCUT2D eigenvalue weighted by Crippen LogP contribution is 2.28. The van der Waals surface area contributed by atoms with Gasteiger partial charge in [-0.05, 0) is 37.3 Å². The number of fused-ring (bicyclic) bond motifs is 1. The van der Waals surface area contributed by atoms with Gasteiger partial charge in [0.2, 0.25) is 5.88 Å². The molecule has 0 aromatic carbocycles. The normalized spacial score (nSPS) is 19.3. The molecular formula is C20H22N8O2. The van der Waals surface area contributed by atoms with Crippen molar-refractivity contribution in [3.8, 4) is 11.6 Å². The van der Waals surface area contributed by atoms with E-state index in [0.29, 0.717) is 35.3 Å². The molecule has 4 heterocycles. The van der Waals surface area contributed by atoms with Crippen molar-refractivity contribution in [3.05, 3.63) is 48.3 Å². The SMILES string of the molecule is COc1cc(-n2nnc3cnc(Cc4cnn(C5CCC(O)CC5)c4)nc32)ccn1. The first kappa shape index (κ1) is 18.6. The van der Waals surface area contributed by atoms with Gasteiger partial charge in [-0.1, -0.05) is 5.21 Å². The number of methoxy groups -OCH3 is 1. The fourth-order valence-corrected chi connectivity index (χ4v) is 3.84. The lowest BCUT2D eigenvalue weighted by Crippen LogP contribution is -2.21. The van der Waals surface area contributed by atoms with E-state index >= 15 is 0 Å². The number of aromatic nitrogens is 8. The van der Waals surface area contributed by atoms with Crippen LogP contribution in [0.15, 0.2) is 36.9 Å². The lowest BCUT2D eigenvalue weighted by atomic mass is 9.93. The van der Waals surface area contributed by atoms with E-state index < -0.39 is 0 Å². The van der Waals surface area contributed by atoms with Crippen LogP contribution in [0.3, 0.4) is 0 Å². The lowest BCUT2D eigenvalue weighted by Gasteiger charge is -2.25. The predicted molar refractivity (Wildman–Crippen MR) is 107 cm³/mol. The van der Waals surface area contributed by atoms with Crippen LogP contribution in [0.5, 0.6) is 5.88 Å². The highest BCUT2D eigenvalue weighted by atomic mass is 16.5. The van der Waals surface area contributed by atoms with Crippen LogP contribution in [0.1, 0.15) is 43.1 Å². The maximum absolute atomic E-state index is 9.71. The minimum absolute atomic E-state index is 0.171. The van der Waals surface area contributed by atoms with Crippen molar-refractivity contribution in [2.45, 2.75) is 44.2 Å². The van der Waals surface area contributed by atoms with E-state index in [1.54, 1.807) is 30.3 Å². The third kappa shape index (κ3) is 3.61. The molecule has 5 rings (SSSR count). The third-order valence-corrected chi connectivity index (χ3v) is 5.47. The molecule has 10 heteroatoms. The van der Waals surface area contributed by atoms with Crippen LogP contribution in [0, 0.1) is 0 Å². The maximum Gasteiger partial charge on any atom is 0.215 e. The van der Waals surface area contributed by atoms with Gasteiger partial charge in [0.25, 0.3) is 0 Å². The van der Waals surface area contributed by atoms with Crippen molar-refractivity contribution in [3.63, 3.8) is 0 Å². The monoisotopic (exact) mass is 406 g/mol. The lowest BCUT2D eigenvalue weighted by molar-refractivity contribution is 0.108. The summed E-state index contributed by atoms with van der Waals surface area (Å²) in [5, 5.41) is 22.6. The Kier molecular flexibility index (Phi) is 4.83. The highest BCUT2D eigenvalue weighted by Gasteiger charge is 2.21. The first-order valence-electron chi connectivity index (χ1n) is 9.98. The molecule has 0 aliphatic heterocycles. The van der Waals surface area contributed by atoms with Crippen LogP contribution in [-0.2, 0) is 6.42 Å². The molecule has 1 aliphatic rings. The Balaban J connectivity index is 1.39. The number of nitrogens with zero attached hydrogens (tertiary/aromatic N) is 8. The summed E-state index contributed by atoms with van der Waals surface area (Å²) in [6, 6.07) is 3.95. The van der Waals surface area contributed by atoms with Crippen molar-refractivity contribution in [2.75, 3.05) is 7.11 Å². The second kappa shape index (κ2) is 7.79. The van der Waals surface area contributed by atoms with E-state index in [2.05, 4.69) is 36.6 Å². The molecule has 10 nitrogen and oxygen atoms in total. The number of hydrogen-bond donors (Lipinski definition) is 1. The van der Waals surface area contributed by atoms with Gasteiger partial charge in [0.1, 0.15) is 5.82 Å². The summed E-state index contributed by atoms with van der Waals surface area (Å²) in [7, 11) is 1.57. The largest absolute Gasteiger partial charge is 0.481 e. The fourth-order valence-electron chi connectivity index (χ4n) is 3.84. The van der Waals surface area contributed by atoms with Gasteiger partial charge in [0.05, 0.1) is 37.3 Å². The maximum atomic E-state index is 9.71. The number of pyridine rings is 1. The van der Waals surface area contributed by atoms with Crippen LogP contribution in [0.25, 0.3) is 16.9 Å². The van der Waals surface area contributed by atoms with E-state index in [-0.39, 0.29) is 6.10 Å². The molecule has 4 aromatic rings. The molecule has 4 aromatic heterocycles. The van der Waals surface area contributed by atoms with Crippen molar-refractivity contribution in [1.29, 1.82) is 0 Å². The number of aliphatic hydroxyl groups excluding tert-OH is 1. The summed E-state index contributed by atoms with van der Waals surface area (Å²) in [6.07, 6.45) is 11.2. The minimum Gasteiger partial charge on any atom is -0.481 e. The predicted octanol–water partition coefficient (Wildman–Crippen LogP) is 1.88. The summed E-state index contributed by atoms with van der Waals surface area (Å²) in [6.45, 7) is 0. The Bertz CT molecular complexity index is 1160. The Morgan fingerprint density at radius 2 is 2.03 bits per heavy atom. The molecule has 1 fully saturated rings. The quantitative estimate of drug-likeness (QED) is 0.534. The van der Waals surface area contributed by atoms with E-state index in [9.17, 15) is 5.11 Å². The van der Waals surface area contributed by atoms with Gasteiger partial charge >= 0.3 is 0 Å². The first-order chi connectivity index (χ1) is 14.7. The Morgan fingerprint density at radius 3 is 2.87 bits per heavy atom. The molecule has 0 spiro atoms.